The van der Waals surface area contributed by atoms with Crippen LogP contribution in [-0.2, 0) is 32.3 Å². The van der Waals surface area contributed by atoms with Gasteiger partial charge in [-0.3, -0.25) is 0 Å². The molecule has 0 bridgehead atoms. The SMILES string of the molecule is O=C(C=Cc1ccc(F)cc1)OCc1cccc(COC(=O)C=Cc2ccc(F)cc2)c1. The smallest absolute Gasteiger partial charge is 0.331 e. The third-order valence-electron chi connectivity index (χ3n) is 4.32. The van der Waals surface area contributed by atoms with E-state index in [0.717, 1.165) is 11.1 Å². The monoisotopic (exact) mass is 434 g/mol. The molecule has 0 saturated carbocycles. The van der Waals surface area contributed by atoms with Crippen molar-refractivity contribution in [1.82, 2.24) is 0 Å². The summed E-state index contributed by atoms with van der Waals surface area (Å²) in [5.74, 6) is -1.76. The maximum atomic E-state index is 12.9. The van der Waals surface area contributed by atoms with Crippen molar-refractivity contribution < 1.29 is 27.8 Å². The highest BCUT2D eigenvalue weighted by molar-refractivity contribution is 5.87. The zero-order chi connectivity index (χ0) is 22.8. The Morgan fingerprint density at radius 1 is 0.656 bits per heavy atom. The average molecular weight is 434 g/mol. The number of esters is 2. The molecule has 162 valence electrons. The second-order valence-corrected chi connectivity index (χ2v) is 6.81. The van der Waals surface area contributed by atoms with Crippen molar-refractivity contribution in [3.8, 4) is 0 Å². The van der Waals surface area contributed by atoms with Crippen molar-refractivity contribution >= 4 is 24.1 Å². The van der Waals surface area contributed by atoms with E-state index in [4.69, 9.17) is 9.47 Å². The van der Waals surface area contributed by atoms with Crippen molar-refractivity contribution in [3.63, 3.8) is 0 Å². The lowest BCUT2D eigenvalue weighted by molar-refractivity contribution is -0.139. The highest BCUT2D eigenvalue weighted by Crippen LogP contribution is 2.10. The molecule has 3 rings (SSSR count). The molecular weight excluding hydrogens is 414 g/mol. The van der Waals surface area contributed by atoms with Crippen LogP contribution in [0.4, 0.5) is 8.78 Å². The van der Waals surface area contributed by atoms with Crippen LogP contribution >= 0.6 is 0 Å². The van der Waals surface area contributed by atoms with Gasteiger partial charge in [0.25, 0.3) is 0 Å². The van der Waals surface area contributed by atoms with Gasteiger partial charge in [-0.25, -0.2) is 18.4 Å². The summed E-state index contributed by atoms with van der Waals surface area (Å²) in [7, 11) is 0. The number of carbonyl (C=O) groups excluding carboxylic acids is 2. The molecule has 0 aliphatic heterocycles. The fourth-order valence-electron chi connectivity index (χ4n) is 2.69. The van der Waals surface area contributed by atoms with Crippen molar-refractivity contribution in [3.05, 3.63) is 119 Å². The van der Waals surface area contributed by atoms with Crippen molar-refractivity contribution in [2.45, 2.75) is 13.2 Å². The number of carbonyl (C=O) groups is 2. The minimum atomic E-state index is -0.530. The lowest BCUT2D eigenvalue weighted by Gasteiger charge is -2.06. The van der Waals surface area contributed by atoms with Crippen LogP contribution in [0.2, 0.25) is 0 Å². The Hall–Kier alpha value is -4.06. The topological polar surface area (TPSA) is 52.6 Å². The fourth-order valence-corrected chi connectivity index (χ4v) is 2.69. The Balaban J connectivity index is 1.46. The van der Waals surface area contributed by atoms with Crippen LogP contribution in [0, 0.1) is 11.6 Å². The second-order valence-electron chi connectivity index (χ2n) is 6.81. The van der Waals surface area contributed by atoms with Gasteiger partial charge in [0.1, 0.15) is 24.8 Å². The van der Waals surface area contributed by atoms with Gasteiger partial charge in [-0.05, 0) is 64.7 Å². The lowest BCUT2D eigenvalue weighted by Crippen LogP contribution is -2.03. The summed E-state index contributed by atoms with van der Waals surface area (Å²) in [5.41, 5.74) is 2.84. The Morgan fingerprint density at radius 2 is 1.06 bits per heavy atom. The third-order valence-corrected chi connectivity index (χ3v) is 4.32. The van der Waals surface area contributed by atoms with Crippen LogP contribution in [0.15, 0.2) is 84.9 Å². The molecule has 0 saturated heterocycles. The summed E-state index contributed by atoms with van der Waals surface area (Å²) in [6.45, 7) is 0.109. The molecule has 3 aromatic carbocycles. The van der Waals surface area contributed by atoms with E-state index in [9.17, 15) is 18.4 Å². The van der Waals surface area contributed by atoms with Crippen LogP contribution in [0.1, 0.15) is 22.3 Å². The van der Waals surface area contributed by atoms with Crippen LogP contribution < -0.4 is 0 Å². The summed E-state index contributed by atoms with van der Waals surface area (Å²) < 4.78 is 36.2. The molecule has 0 radical (unpaired) electrons. The molecule has 0 fully saturated rings. The maximum absolute atomic E-state index is 12.9. The number of halogens is 2. The highest BCUT2D eigenvalue weighted by Gasteiger charge is 2.03. The summed E-state index contributed by atoms with van der Waals surface area (Å²) in [5, 5.41) is 0. The summed E-state index contributed by atoms with van der Waals surface area (Å²) >= 11 is 0. The van der Waals surface area contributed by atoms with Gasteiger partial charge in [0.15, 0.2) is 0 Å². The zero-order valence-electron chi connectivity index (χ0n) is 17.0. The first-order chi connectivity index (χ1) is 15.5. The standard InChI is InChI=1S/C26H20F2O4/c27-23-10-4-19(5-11-23)8-14-25(29)31-17-21-2-1-3-22(16-21)18-32-26(30)15-9-20-6-12-24(28)13-7-20/h1-16H,17-18H2. The van der Waals surface area contributed by atoms with Crippen LogP contribution in [-0.4, -0.2) is 11.9 Å². The molecule has 0 amide bonds. The zero-order valence-corrected chi connectivity index (χ0v) is 17.0. The molecular formula is C26H20F2O4. The molecule has 0 aromatic heterocycles. The van der Waals surface area contributed by atoms with Gasteiger partial charge in [-0.15, -0.1) is 0 Å². The molecule has 4 nitrogen and oxygen atoms in total. The fraction of sp³-hybridized carbons (Fsp3) is 0.0769. The lowest BCUT2D eigenvalue weighted by atomic mass is 10.1. The Bertz CT molecular complexity index is 1030. The Morgan fingerprint density at radius 3 is 1.47 bits per heavy atom. The first-order valence-electron chi connectivity index (χ1n) is 9.76. The predicted molar refractivity (Wildman–Crippen MR) is 117 cm³/mol. The molecule has 3 aromatic rings. The summed E-state index contributed by atoms with van der Waals surface area (Å²) in [6.07, 6.45) is 5.62. The van der Waals surface area contributed by atoms with Crippen LogP contribution in [0.25, 0.3) is 12.2 Å². The van der Waals surface area contributed by atoms with Gasteiger partial charge in [0, 0.05) is 12.2 Å². The second kappa shape index (κ2) is 11.4. The van der Waals surface area contributed by atoms with E-state index < -0.39 is 11.9 Å². The number of benzene rings is 3. The predicted octanol–water partition coefficient (Wildman–Crippen LogP) is 5.48. The average Bonchev–Trinajstić information content (AvgIpc) is 2.81. The van der Waals surface area contributed by atoms with Crippen molar-refractivity contribution in [1.29, 1.82) is 0 Å². The first-order valence-corrected chi connectivity index (χ1v) is 9.76. The van der Waals surface area contributed by atoms with Crippen LogP contribution in [0.5, 0.6) is 0 Å². The van der Waals surface area contributed by atoms with E-state index in [1.807, 2.05) is 0 Å². The van der Waals surface area contributed by atoms with E-state index in [2.05, 4.69) is 0 Å². The van der Waals surface area contributed by atoms with E-state index >= 15 is 0 Å². The van der Waals surface area contributed by atoms with Crippen molar-refractivity contribution in [2.75, 3.05) is 0 Å². The Kier molecular flexibility index (Phi) is 8.03. The molecule has 0 heterocycles. The summed E-state index contributed by atoms with van der Waals surface area (Å²) in [6, 6.07) is 18.6. The quantitative estimate of drug-likeness (QED) is 0.348. The van der Waals surface area contributed by atoms with Crippen molar-refractivity contribution in [2.24, 2.45) is 0 Å². The largest absolute Gasteiger partial charge is 0.458 e. The number of ether oxygens (including phenoxy) is 2. The molecule has 0 aliphatic carbocycles. The number of hydrogen-bond donors (Lipinski definition) is 0. The van der Waals surface area contributed by atoms with E-state index in [-0.39, 0.29) is 24.8 Å². The molecule has 32 heavy (non-hydrogen) atoms. The van der Waals surface area contributed by atoms with Gasteiger partial charge in [0.05, 0.1) is 0 Å². The Labute approximate surface area is 184 Å². The van der Waals surface area contributed by atoms with Gasteiger partial charge in [-0.1, -0.05) is 42.5 Å². The summed E-state index contributed by atoms with van der Waals surface area (Å²) in [4.78, 5) is 23.8. The van der Waals surface area contributed by atoms with Gasteiger partial charge >= 0.3 is 11.9 Å². The van der Waals surface area contributed by atoms with Gasteiger partial charge < -0.3 is 9.47 Å². The van der Waals surface area contributed by atoms with Crippen LogP contribution in [0.3, 0.4) is 0 Å². The van der Waals surface area contributed by atoms with Gasteiger partial charge in [0.2, 0.25) is 0 Å². The minimum Gasteiger partial charge on any atom is -0.458 e. The maximum Gasteiger partial charge on any atom is 0.331 e. The molecule has 6 heteroatoms. The molecule has 0 N–H and O–H groups in total. The van der Waals surface area contributed by atoms with Gasteiger partial charge in [-0.2, -0.15) is 0 Å². The normalized spacial score (nSPS) is 11.1. The van der Waals surface area contributed by atoms with E-state index in [0.29, 0.717) is 11.1 Å². The highest BCUT2D eigenvalue weighted by atomic mass is 19.1. The van der Waals surface area contributed by atoms with E-state index in [1.54, 1.807) is 48.5 Å². The first kappa shape index (κ1) is 22.6. The molecule has 0 unspecified atom stereocenters. The molecule has 0 aliphatic rings. The molecule has 0 spiro atoms. The molecule has 0 atom stereocenters. The van der Waals surface area contributed by atoms with E-state index in [1.165, 1.54) is 48.6 Å². The number of rotatable bonds is 8. The third kappa shape index (κ3) is 7.65. The minimum absolute atomic E-state index is 0.0544. The number of hydrogen-bond acceptors (Lipinski definition) is 4.